The molecule has 0 N–H and O–H groups in total. The lowest BCUT2D eigenvalue weighted by atomic mass is 10.1. The number of hydrogen-bond donors (Lipinski definition) is 0. The number of Topliss-reactive ketones (excluding diaryl/α,β-unsaturated/α-hetero) is 1. The number of carbonyl (C=O) groups is 3. The molecule has 2 aromatic heterocycles. The molecular weight excluding hydrogens is 408 g/mol. The third kappa shape index (κ3) is 2.80. The molecule has 0 fully saturated rings. The lowest BCUT2D eigenvalue weighted by Gasteiger charge is -2.14. The van der Waals surface area contributed by atoms with Gasteiger partial charge in [0.25, 0.3) is 11.8 Å². The number of hydrogen-bond acceptors (Lipinski definition) is 6. The van der Waals surface area contributed by atoms with Crippen LogP contribution in [0.1, 0.15) is 43.7 Å². The topological polar surface area (TPSA) is 94.4 Å². The van der Waals surface area contributed by atoms with Gasteiger partial charge in [0, 0.05) is 11.8 Å². The van der Waals surface area contributed by atoms with Gasteiger partial charge >= 0.3 is 0 Å². The molecule has 5 rings (SSSR count). The highest BCUT2D eigenvalue weighted by Crippen LogP contribution is 2.34. The summed E-state index contributed by atoms with van der Waals surface area (Å²) in [5.74, 6) is -0.272. The summed E-state index contributed by atoms with van der Waals surface area (Å²) in [4.78, 5) is 43.6. The number of pyridine rings is 1. The number of amides is 2. The Balaban J connectivity index is 1.63. The maximum Gasteiger partial charge on any atom is 0.267 e. The molecule has 32 heavy (non-hydrogen) atoms. The number of fused-ring (bicyclic) bond motifs is 3. The number of ether oxygens (including phenoxy) is 1. The summed E-state index contributed by atoms with van der Waals surface area (Å²) in [6.07, 6.45) is 1.42. The van der Waals surface area contributed by atoms with Gasteiger partial charge in [0.1, 0.15) is 5.75 Å². The van der Waals surface area contributed by atoms with Crippen molar-refractivity contribution in [3.05, 3.63) is 77.1 Å². The molecule has 0 aliphatic carbocycles. The molecule has 1 aliphatic rings. The molecule has 0 radical (unpaired) electrons. The fourth-order valence-corrected chi connectivity index (χ4v) is 3.94. The monoisotopic (exact) mass is 426 g/mol. The van der Waals surface area contributed by atoms with Crippen molar-refractivity contribution < 1.29 is 19.1 Å². The highest BCUT2D eigenvalue weighted by molar-refractivity contribution is 6.37. The quantitative estimate of drug-likeness (QED) is 0.364. The molecule has 0 unspecified atom stereocenters. The average molecular weight is 426 g/mol. The van der Waals surface area contributed by atoms with Gasteiger partial charge < -0.3 is 4.74 Å². The first-order valence-electron chi connectivity index (χ1n) is 9.93. The van der Waals surface area contributed by atoms with Crippen LogP contribution < -0.4 is 9.64 Å². The number of methoxy groups -OCH3 is 1. The van der Waals surface area contributed by atoms with Gasteiger partial charge in [-0.2, -0.15) is 5.10 Å². The van der Waals surface area contributed by atoms with Crippen molar-refractivity contribution in [2.45, 2.75) is 13.8 Å². The van der Waals surface area contributed by atoms with Crippen LogP contribution in [-0.2, 0) is 0 Å². The first kappa shape index (κ1) is 19.6. The highest BCUT2D eigenvalue weighted by atomic mass is 16.5. The van der Waals surface area contributed by atoms with Crippen LogP contribution in [-0.4, -0.2) is 39.5 Å². The average Bonchev–Trinajstić information content (AvgIpc) is 3.27. The van der Waals surface area contributed by atoms with E-state index in [1.54, 1.807) is 43.0 Å². The fraction of sp³-hybridized carbons (Fsp3) is 0.125. The lowest BCUT2D eigenvalue weighted by molar-refractivity contribution is 0.0925. The Morgan fingerprint density at radius 3 is 2.22 bits per heavy atom. The number of carbonyl (C=O) groups excluding carboxylic acids is 3. The maximum atomic E-state index is 13.4. The molecule has 4 aromatic rings. The summed E-state index contributed by atoms with van der Waals surface area (Å²) in [7, 11) is 1.59. The van der Waals surface area contributed by atoms with Crippen molar-refractivity contribution in [2.24, 2.45) is 0 Å². The van der Waals surface area contributed by atoms with Gasteiger partial charge in [0.15, 0.2) is 11.4 Å². The summed E-state index contributed by atoms with van der Waals surface area (Å²) in [6.45, 7) is 3.25. The Kier molecular flexibility index (Phi) is 4.37. The van der Waals surface area contributed by atoms with Crippen LogP contribution in [0.3, 0.4) is 0 Å². The van der Waals surface area contributed by atoms with E-state index in [1.165, 1.54) is 13.1 Å². The second-order valence-corrected chi connectivity index (χ2v) is 7.49. The number of anilines is 1. The van der Waals surface area contributed by atoms with Crippen LogP contribution in [0.4, 0.5) is 5.69 Å². The molecular formula is C24H18N4O4. The van der Waals surface area contributed by atoms with Crippen molar-refractivity contribution in [2.75, 3.05) is 12.0 Å². The summed E-state index contributed by atoms with van der Waals surface area (Å²) in [5, 5.41) is 5.12. The third-order valence-corrected chi connectivity index (χ3v) is 5.57. The van der Waals surface area contributed by atoms with Gasteiger partial charge in [-0.15, -0.1) is 0 Å². The summed E-state index contributed by atoms with van der Waals surface area (Å²) >= 11 is 0. The summed E-state index contributed by atoms with van der Waals surface area (Å²) in [5.41, 5.74) is 3.25. The molecule has 8 nitrogen and oxygen atoms in total. The molecule has 0 atom stereocenters. The van der Waals surface area contributed by atoms with Gasteiger partial charge in [0.05, 0.1) is 40.7 Å². The van der Waals surface area contributed by atoms with E-state index >= 15 is 0 Å². The Hall–Kier alpha value is -4.33. The van der Waals surface area contributed by atoms with Gasteiger partial charge in [-0.1, -0.05) is 0 Å². The van der Waals surface area contributed by atoms with Crippen molar-refractivity contribution in [3.63, 3.8) is 0 Å². The molecule has 0 spiro atoms. The number of rotatable bonds is 4. The van der Waals surface area contributed by atoms with E-state index in [2.05, 4.69) is 10.1 Å². The minimum absolute atomic E-state index is 0.0913. The van der Waals surface area contributed by atoms with Gasteiger partial charge in [-0.05, 0) is 62.4 Å². The van der Waals surface area contributed by atoms with E-state index in [0.29, 0.717) is 33.7 Å². The lowest BCUT2D eigenvalue weighted by Crippen LogP contribution is -2.29. The second-order valence-electron chi connectivity index (χ2n) is 7.49. The molecule has 158 valence electrons. The van der Waals surface area contributed by atoms with Gasteiger partial charge in [-0.3, -0.25) is 14.4 Å². The SMILES string of the molecule is COc1ccc(-n2nc(C)c3c4c(cnc32)C(=O)N(c2ccc(C(C)=O)cc2)C4=O)cc1. The van der Waals surface area contributed by atoms with Crippen molar-refractivity contribution in [1.82, 2.24) is 14.8 Å². The van der Waals surface area contributed by atoms with E-state index in [0.717, 1.165) is 10.6 Å². The largest absolute Gasteiger partial charge is 0.497 e. The molecule has 1 aliphatic heterocycles. The molecule has 2 aromatic carbocycles. The first-order valence-corrected chi connectivity index (χ1v) is 9.93. The molecule has 0 bridgehead atoms. The van der Waals surface area contributed by atoms with Crippen LogP contribution in [0, 0.1) is 6.92 Å². The summed E-state index contributed by atoms with van der Waals surface area (Å²) in [6, 6.07) is 13.7. The van der Waals surface area contributed by atoms with Crippen molar-refractivity contribution >= 4 is 34.3 Å². The zero-order valence-electron chi connectivity index (χ0n) is 17.6. The Bertz CT molecular complexity index is 1420. The number of aromatic nitrogens is 3. The zero-order valence-corrected chi connectivity index (χ0v) is 17.6. The van der Waals surface area contributed by atoms with Crippen LogP contribution >= 0.6 is 0 Å². The molecule has 2 amide bonds. The smallest absolute Gasteiger partial charge is 0.267 e. The van der Waals surface area contributed by atoms with Crippen LogP contribution in [0.25, 0.3) is 16.7 Å². The maximum absolute atomic E-state index is 13.4. The zero-order chi connectivity index (χ0) is 22.6. The van der Waals surface area contributed by atoms with Gasteiger partial charge in [0.2, 0.25) is 0 Å². The predicted octanol–water partition coefficient (Wildman–Crippen LogP) is 3.74. The minimum Gasteiger partial charge on any atom is -0.497 e. The van der Waals surface area contributed by atoms with E-state index in [-0.39, 0.29) is 16.9 Å². The van der Waals surface area contributed by atoms with E-state index in [9.17, 15) is 14.4 Å². The third-order valence-electron chi connectivity index (χ3n) is 5.57. The van der Waals surface area contributed by atoms with E-state index < -0.39 is 11.8 Å². The number of ketones is 1. The molecule has 0 saturated carbocycles. The van der Waals surface area contributed by atoms with Gasteiger partial charge in [-0.25, -0.2) is 14.6 Å². The standard InChI is InChI=1S/C24H18N4O4/c1-13-20-21-19(12-25-22(20)28(26-13)17-8-10-18(32-3)11-9-17)23(30)27(24(21)31)16-6-4-15(5-7-16)14(2)29/h4-12H,1-3H3. The predicted molar refractivity (Wildman–Crippen MR) is 118 cm³/mol. The number of benzene rings is 2. The number of aryl methyl sites for hydroxylation is 1. The summed E-state index contributed by atoms with van der Waals surface area (Å²) < 4.78 is 6.85. The number of imide groups is 1. The second kappa shape index (κ2) is 7.12. The van der Waals surface area contributed by atoms with E-state index in [1.807, 2.05) is 24.3 Å². The first-order chi connectivity index (χ1) is 15.4. The van der Waals surface area contributed by atoms with Crippen LogP contribution in [0.2, 0.25) is 0 Å². The van der Waals surface area contributed by atoms with E-state index in [4.69, 9.17) is 4.74 Å². The van der Waals surface area contributed by atoms with Crippen LogP contribution in [0.15, 0.2) is 54.7 Å². The van der Waals surface area contributed by atoms with Crippen molar-refractivity contribution in [3.8, 4) is 11.4 Å². The van der Waals surface area contributed by atoms with Crippen LogP contribution in [0.5, 0.6) is 5.75 Å². The Morgan fingerprint density at radius 1 is 0.938 bits per heavy atom. The minimum atomic E-state index is -0.452. The normalized spacial score (nSPS) is 13.0. The van der Waals surface area contributed by atoms with Crippen molar-refractivity contribution in [1.29, 1.82) is 0 Å². The Morgan fingerprint density at radius 2 is 1.59 bits per heavy atom. The highest BCUT2D eigenvalue weighted by Gasteiger charge is 2.40. The molecule has 8 heteroatoms. The fourth-order valence-electron chi connectivity index (χ4n) is 3.94. The molecule has 0 saturated heterocycles. The number of nitrogens with zero attached hydrogens (tertiary/aromatic N) is 4. The molecule has 3 heterocycles. The Labute approximate surface area is 183 Å².